The zero-order chi connectivity index (χ0) is 25.8. The number of carbonyl (C=O) groups excluding carboxylic acids is 3. The fourth-order valence-electron chi connectivity index (χ4n) is 4.45. The van der Waals surface area contributed by atoms with Gasteiger partial charge in [0.15, 0.2) is 0 Å². The molecule has 0 heterocycles. The fourth-order valence-corrected chi connectivity index (χ4v) is 4.45. The lowest BCUT2D eigenvalue weighted by Gasteiger charge is -2.21. The monoisotopic (exact) mass is 495 g/mol. The lowest BCUT2D eigenvalue weighted by Crippen LogP contribution is -2.40. The zero-order valence-electron chi connectivity index (χ0n) is 20.7. The molecule has 1 atom stereocenters. The predicted octanol–water partition coefficient (Wildman–Crippen LogP) is 4.36. The SMILES string of the molecule is NC(=O)N(C(=O)CCCCCCO)c1ccc(CN[C@H](C(=O)OC2CCCC2)c2ccccc2)cc1. The van der Waals surface area contributed by atoms with E-state index in [1.165, 1.54) is 0 Å². The quantitative estimate of drug-likeness (QED) is 0.280. The number of carbonyl (C=O) groups is 3. The normalized spacial score (nSPS) is 14.4. The largest absolute Gasteiger partial charge is 0.461 e. The zero-order valence-corrected chi connectivity index (χ0v) is 20.7. The van der Waals surface area contributed by atoms with Crippen LogP contribution in [0.3, 0.4) is 0 Å². The van der Waals surface area contributed by atoms with Crippen molar-refractivity contribution in [3.63, 3.8) is 0 Å². The van der Waals surface area contributed by atoms with Crippen LogP contribution in [0.5, 0.6) is 0 Å². The second-order valence-corrected chi connectivity index (χ2v) is 9.19. The Hall–Kier alpha value is -3.23. The highest BCUT2D eigenvalue weighted by Crippen LogP contribution is 2.24. The van der Waals surface area contributed by atoms with Gasteiger partial charge in [0, 0.05) is 19.6 Å². The highest BCUT2D eigenvalue weighted by Gasteiger charge is 2.27. The average molecular weight is 496 g/mol. The second-order valence-electron chi connectivity index (χ2n) is 9.19. The molecule has 1 fully saturated rings. The number of unbranched alkanes of at least 4 members (excludes halogenated alkanes) is 3. The molecule has 0 bridgehead atoms. The first-order valence-electron chi connectivity index (χ1n) is 12.8. The van der Waals surface area contributed by atoms with Crippen molar-refractivity contribution in [1.29, 1.82) is 0 Å². The van der Waals surface area contributed by atoms with Crippen LogP contribution in [0.1, 0.15) is 75.0 Å². The van der Waals surface area contributed by atoms with E-state index in [0.29, 0.717) is 25.1 Å². The minimum Gasteiger partial charge on any atom is -0.461 e. The van der Waals surface area contributed by atoms with Gasteiger partial charge in [-0.2, -0.15) is 0 Å². The number of ether oxygens (including phenoxy) is 1. The first-order chi connectivity index (χ1) is 17.5. The maximum Gasteiger partial charge on any atom is 0.328 e. The number of amides is 3. The number of urea groups is 1. The van der Waals surface area contributed by atoms with Crippen LogP contribution >= 0.6 is 0 Å². The lowest BCUT2D eigenvalue weighted by molar-refractivity contribution is -0.151. The van der Waals surface area contributed by atoms with Crippen LogP contribution in [0.4, 0.5) is 10.5 Å². The Bertz CT molecular complexity index is 974. The summed E-state index contributed by atoms with van der Waals surface area (Å²) in [5.74, 6) is -0.634. The number of esters is 1. The minimum absolute atomic E-state index is 0.0169. The topological polar surface area (TPSA) is 122 Å². The van der Waals surface area contributed by atoms with Crippen LogP contribution in [-0.4, -0.2) is 35.7 Å². The molecule has 0 saturated heterocycles. The maximum absolute atomic E-state index is 13.0. The van der Waals surface area contributed by atoms with Gasteiger partial charge < -0.3 is 15.6 Å². The van der Waals surface area contributed by atoms with Crippen molar-refractivity contribution in [3.8, 4) is 0 Å². The van der Waals surface area contributed by atoms with E-state index < -0.39 is 12.1 Å². The third-order valence-corrected chi connectivity index (χ3v) is 6.43. The number of hydrogen-bond donors (Lipinski definition) is 3. The Labute approximate surface area is 212 Å². The van der Waals surface area contributed by atoms with Crippen LogP contribution in [0.25, 0.3) is 0 Å². The second kappa shape index (κ2) is 14.4. The van der Waals surface area contributed by atoms with Crippen molar-refractivity contribution in [2.75, 3.05) is 11.5 Å². The molecule has 36 heavy (non-hydrogen) atoms. The predicted molar refractivity (Wildman–Crippen MR) is 138 cm³/mol. The summed E-state index contributed by atoms with van der Waals surface area (Å²) in [6, 6.07) is 15.0. The summed E-state index contributed by atoms with van der Waals surface area (Å²) in [5.41, 5.74) is 7.62. The molecule has 8 nitrogen and oxygen atoms in total. The summed E-state index contributed by atoms with van der Waals surface area (Å²) in [7, 11) is 0. The molecular formula is C28H37N3O5. The Morgan fingerprint density at radius 1 is 0.972 bits per heavy atom. The number of aliphatic hydroxyl groups is 1. The number of primary amides is 1. The number of nitrogens with zero attached hydrogens (tertiary/aromatic N) is 1. The van der Waals surface area contributed by atoms with Crippen molar-refractivity contribution < 1.29 is 24.2 Å². The first-order valence-corrected chi connectivity index (χ1v) is 12.8. The highest BCUT2D eigenvalue weighted by atomic mass is 16.5. The van der Waals surface area contributed by atoms with E-state index in [1.807, 2.05) is 30.3 Å². The van der Waals surface area contributed by atoms with Gasteiger partial charge in [-0.05, 0) is 61.8 Å². The molecule has 1 aliphatic rings. The smallest absolute Gasteiger partial charge is 0.328 e. The van der Waals surface area contributed by atoms with Crippen molar-refractivity contribution in [2.45, 2.75) is 76.5 Å². The van der Waals surface area contributed by atoms with Gasteiger partial charge in [-0.15, -0.1) is 0 Å². The molecular weight excluding hydrogens is 458 g/mol. The first kappa shape index (κ1) is 27.4. The summed E-state index contributed by atoms with van der Waals surface area (Å²) >= 11 is 0. The molecule has 2 aromatic carbocycles. The van der Waals surface area contributed by atoms with Gasteiger partial charge in [0.1, 0.15) is 12.1 Å². The number of benzene rings is 2. The molecule has 3 rings (SSSR count). The minimum atomic E-state index is -0.819. The van der Waals surface area contributed by atoms with Crippen LogP contribution in [0, 0.1) is 0 Å². The maximum atomic E-state index is 13.0. The van der Waals surface area contributed by atoms with E-state index in [4.69, 9.17) is 15.6 Å². The number of aliphatic hydroxyl groups excluding tert-OH is 1. The van der Waals surface area contributed by atoms with E-state index in [1.54, 1.807) is 24.3 Å². The fraction of sp³-hybridized carbons (Fsp3) is 0.464. The molecule has 0 aliphatic heterocycles. The lowest BCUT2D eigenvalue weighted by atomic mass is 10.1. The molecule has 8 heteroatoms. The van der Waals surface area contributed by atoms with Gasteiger partial charge in [-0.3, -0.25) is 10.1 Å². The van der Waals surface area contributed by atoms with Gasteiger partial charge in [0.2, 0.25) is 5.91 Å². The van der Waals surface area contributed by atoms with E-state index in [0.717, 1.165) is 54.6 Å². The molecule has 2 aromatic rings. The number of nitrogens with one attached hydrogen (secondary N) is 1. The molecule has 0 unspecified atom stereocenters. The number of anilines is 1. The van der Waals surface area contributed by atoms with Crippen molar-refractivity contribution >= 4 is 23.6 Å². The van der Waals surface area contributed by atoms with Crippen LogP contribution in [-0.2, 0) is 20.9 Å². The van der Waals surface area contributed by atoms with E-state index in [9.17, 15) is 14.4 Å². The molecule has 0 aromatic heterocycles. The van der Waals surface area contributed by atoms with Gasteiger partial charge in [0.25, 0.3) is 0 Å². The van der Waals surface area contributed by atoms with Gasteiger partial charge in [-0.25, -0.2) is 14.5 Å². The number of nitrogens with two attached hydrogens (primary N) is 1. The Morgan fingerprint density at radius 2 is 1.64 bits per heavy atom. The Balaban J connectivity index is 1.62. The van der Waals surface area contributed by atoms with Crippen molar-refractivity contribution in [3.05, 3.63) is 65.7 Å². The van der Waals surface area contributed by atoms with Gasteiger partial charge in [0.05, 0.1) is 5.69 Å². The van der Waals surface area contributed by atoms with E-state index in [-0.39, 0.29) is 31.0 Å². The summed E-state index contributed by atoms with van der Waals surface area (Å²) in [6.45, 7) is 0.533. The van der Waals surface area contributed by atoms with Crippen molar-refractivity contribution in [2.24, 2.45) is 5.73 Å². The number of rotatable bonds is 13. The molecule has 3 amide bonds. The molecule has 4 N–H and O–H groups in total. The molecule has 194 valence electrons. The number of imide groups is 1. The highest BCUT2D eigenvalue weighted by molar-refractivity contribution is 6.13. The summed E-state index contributed by atoms with van der Waals surface area (Å²) in [5, 5.41) is 12.2. The van der Waals surface area contributed by atoms with Crippen molar-refractivity contribution in [1.82, 2.24) is 5.32 Å². The van der Waals surface area contributed by atoms with E-state index in [2.05, 4.69) is 5.32 Å². The Kier molecular flexibility index (Phi) is 10.9. The van der Waals surface area contributed by atoms with E-state index >= 15 is 0 Å². The van der Waals surface area contributed by atoms with Gasteiger partial charge in [-0.1, -0.05) is 55.3 Å². The van der Waals surface area contributed by atoms with Crippen LogP contribution in [0.2, 0.25) is 0 Å². The molecule has 1 saturated carbocycles. The van der Waals surface area contributed by atoms with Crippen LogP contribution < -0.4 is 16.0 Å². The Morgan fingerprint density at radius 3 is 2.28 bits per heavy atom. The molecule has 1 aliphatic carbocycles. The van der Waals surface area contributed by atoms with Crippen LogP contribution in [0.15, 0.2) is 54.6 Å². The molecule has 0 spiro atoms. The van der Waals surface area contributed by atoms with Gasteiger partial charge >= 0.3 is 12.0 Å². The molecule has 0 radical (unpaired) electrons. The standard InChI is InChI=1S/C28H37N3O5/c29-28(35)31(25(33)14-6-1-2-9-19-32)23-17-15-21(16-18-23)20-30-26(22-10-4-3-5-11-22)27(34)36-24-12-7-8-13-24/h3-5,10-11,15-18,24,26,30,32H,1-2,6-9,12-14,19-20H2,(H2,29,35)/t26-/m0/s1. The summed E-state index contributed by atoms with van der Waals surface area (Å²) in [6.07, 6.45) is 7.14. The number of hydrogen-bond acceptors (Lipinski definition) is 6. The average Bonchev–Trinajstić information content (AvgIpc) is 3.38. The summed E-state index contributed by atoms with van der Waals surface area (Å²) < 4.78 is 5.76. The third-order valence-electron chi connectivity index (χ3n) is 6.43. The third kappa shape index (κ3) is 8.17. The summed E-state index contributed by atoms with van der Waals surface area (Å²) in [4.78, 5) is 38.5.